The van der Waals surface area contributed by atoms with Crippen molar-refractivity contribution < 1.29 is 9.47 Å². The van der Waals surface area contributed by atoms with E-state index in [1.54, 1.807) is 0 Å². The number of aliphatic imine (C=N–C) groups is 1. The average Bonchev–Trinajstić information content (AvgIpc) is 2.59. The highest BCUT2D eigenvalue weighted by molar-refractivity contribution is 5.80. The third-order valence-corrected chi connectivity index (χ3v) is 3.93. The molecule has 1 aromatic carbocycles. The molecule has 1 heterocycles. The molecule has 0 unspecified atom stereocenters. The molecule has 0 atom stereocenters. The number of nitrogens with one attached hydrogen (secondary N) is 2. The minimum Gasteiger partial charge on any atom is -0.381 e. The van der Waals surface area contributed by atoms with Crippen molar-refractivity contribution in [3.05, 3.63) is 35.4 Å². The molecule has 1 aliphatic rings. The highest BCUT2D eigenvalue weighted by Crippen LogP contribution is 2.14. The lowest BCUT2D eigenvalue weighted by Crippen LogP contribution is -2.47. The topological polar surface area (TPSA) is 54.9 Å². The maximum absolute atomic E-state index is 5.97. The van der Waals surface area contributed by atoms with Crippen LogP contribution in [-0.4, -0.2) is 37.4 Å². The highest BCUT2D eigenvalue weighted by Gasteiger charge is 2.14. The van der Waals surface area contributed by atoms with Gasteiger partial charge in [0.15, 0.2) is 5.96 Å². The van der Waals surface area contributed by atoms with Crippen molar-refractivity contribution in [2.24, 2.45) is 4.99 Å². The molecule has 0 radical (unpaired) electrons. The Labute approximate surface area is 152 Å². The third kappa shape index (κ3) is 7.88. The van der Waals surface area contributed by atoms with Gasteiger partial charge in [0.2, 0.25) is 0 Å². The largest absolute Gasteiger partial charge is 0.381 e. The number of hydrogen-bond donors (Lipinski definition) is 2. The summed E-state index contributed by atoms with van der Waals surface area (Å²) in [5, 5.41) is 6.69. The van der Waals surface area contributed by atoms with Crippen LogP contribution in [-0.2, 0) is 22.6 Å². The van der Waals surface area contributed by atoms with Crippen LogP contribution in [0.15, 0.2) is 29.3 Å². The number of ether oxygens (including phenoxy) is 2. The fourth-order valence-electron chi connectivity index (χ4n) is 2.63. The van der Waals surface area contributed by atoms with Gasteiger partial charge in [0.1, 0.15) is 0 Å². The second-order valence-electron chi connectivity index (χ2n) is 7.51. The van der Waals surface area contributed by atoms with Crippen molar-refractivity contribution in [3.8, 4) is 0 Å². The SMILES string of the molecule is CCNC(=NCc1ccc(COC2CCOCC2)cc1)NC(C)(C)C. The molecule has 5 nitrogen and oxygen atoms in total. The van der Waals surface area contributed by atoms with E-state index in [1.807, 2.05) is 0 Å². The molecule has 0 amide bonds. The van der Waals surface area contributed by atoms with Crippen molar-refractivity contribution in [3.63, 3.8) is 0 Å². The molecule has 5 heteroatoms. The van der Waals surface area contributed by atoms with Crippen LogP contribution in [0.1, 0.15) is 51.7 Å². The van der Waals surface area contributed by atoms with E-state index in [9.17, 15) is 0 Å². The molecule has 1 saturated heterocycles. The maximum Gasteiger partial charge on any atom is 0.191 e. The van der Waals surface area contributed by atoms with Crippen LogP contribution in [0.4, 0.5) is 0 Å². The predicted molar refractivity (Wildman–Crippen MR) is 103 cm³/mol. The van der Waals surface area contributed by atoms with Crippen LogP contribution < -0.4 is 10.6 Å². The van der Waals surface area contributed by atoms with E-state index < -0.39 is 0 Å². The number of benzene rings is 1. The van der Waals surface area contributed by atoms with Crippen molar-refractivity contribution in [1.82, 2.24) is 10.6 Å². The van der Waals surface area contributed by atoms with Gasteiger partial charge in [-0.15, -0.1) is 0 Å². The van der Waals surface area contributed by atoms with Crippen LogP contribution in [0.3, 0.4) is 0 Å². The summed E-state index contributed by atoms with van der Waals surface area (Å²) in [5.74, 6) is 0.849. The predicted octanol–water partition coefficient (Wildman–Crippen LogP) is 3.24. The molecule has 2 N–H and O–H groups in total. The van der Waals surface area contributed by atoms with E-state index in [1.165, 1.54) is 11.1 Å². The van der Waals surface area contributed by atoms with Crippen molar-refractivity contribution in [2.45, 2.75) is 65.3 Å². The van der Waals surface area contributed by atoms with Crippen LogP contribution in [0.5, 0.6) is 0 Å². The fourth-order valence-corrected chi connectivity index (χ4v) is 2.63. The van der Waals surface area contributed by atoms with Crippen molar-refractivity contribution in [1.29, 1.82) is 0 Å². The van der Waals surface area contributed by atoms with E-state index >= 15 is 0 Å². The van der Waals surface area contributed by atoms with Gasteiger partial charge in [-0.2, -0.15) is 0 Å². The summed E-state index contributed by atoms with van der Waals surface area (Å²) in [5.41, 5.74) is 2.40. The number of guanidine groups is 1. The summed E-state index contributed by atoms with van der Waals surface area (Å²) in [6.45, 7) is 12.3. The van der Waals surface area contributed by atoms with E-state index in [-0.39, 0.29) is 5.54 Å². The Morgan fingerprint density at radius 2 is 1.80 bits per heavy atom. The third-order valence-electron chi connectivity index (χ3n) is 3.93. The Hall–Kier alpha value is -1.59. The van der Waals surface area contributed by atoms with Gasteiger partial charge in [0.05, 0.1) is 19.3 Å². The van der Waals surface area contributed by atoms with Crippen molar-refractivity contribution in [2.75, 3.05) is 19.8 Å². The van der Waals surface area contributed by atoms with Crippen molar-refractivity contribution >= 4 is 5.96 Å². The Morgan fingerprint density at radius 1 is 1.16 bits per heavy atom. The number of rotatable bonds is 6. The normalized spacial score (nSPS) is 16.7. The average molecular weight is 348 g/mol. The molecule has 25 heavy (non-hydrogen) atoms. The first-order chi connectivity index (χ1) is 12.0. The van der Waals surface area contributed by atoms with Crippen LogP contribution in [0.2, 0.25) is 0 Å². The van der Waals surface area contributed by atoms with E-state index in [2.05, 4.69) is 67.6 Å². The van der Waals surface area contributed by atoms with E-state index in [0.29, 0.717) is 19.3 Å². The van der Waals surface area contributed by atoms with Gasteiger partial charge in [-0.05, 0) is 51.7 Å². The monoisotopic (exact) mass is 347 g/mol. The fraction of sp³-hybridized carbons (Fsp3) is 0.650. The quantitative estimate of drug-likeness (QED) is 0.613. The first-order valence-electron chi connectivity index (χ1n) is 9.30. The molecule has 0 aliphatic carbocycles. The minimum atomic E-state index is -0.00758. The summed E-state index contributed by atoms with van der Waals surface area (Å²) >= 11 is 0. The molecule has 1 aromatic rings. The van der Waals surface area contributed by atoms with Gasteiger partial charge in [0.25, 0.3) is 0 Å². The second-order valence-corrected chi connectivity index (χ2v) is 7.51. The minimum absolute atomic E-state index is 0.00758. The molecule has 1 fully saturated rings. The van der Waals surface area contributed by atoms with Crippen LogP contribution in [0.25, 0.3) is 0 Å². The van der Waals surface area contributed by atoms with E-state index in [0.717, 1.165) is 38.6 Å². The van der Waals surface area contributed by atoms with Crippen LogP contribution in [0, 0.1) is 0 Å². The van der Waals surface area contributed by atoms with Gasteiger partial charge in [-0.1, -0.05) is 24.3 Å². The second kappa shape index (κ2) is 9.78. The standard InChI is InChI=1S/C20H33N3O2/c1-5-21-19(23-20(2,3)4)22-14-16-6-8-17(9-7-16)15-25-18-10-12-24-13-11-18/h6-9,18H,5,10-15H2,1-4H3,(H2,21,22,23). The summed E-state index contributed by atoms with van der Waals surface area (Å²) in [7, 11) is 0. The van der Waals surface area contributed by atoms with Gasteiger partial charge in [0, 0.05) is 25.3 Å². The smallest absolute Gasteiger partial charge is 0.191 e. The molecule has 140 valence electrons. The highest BCUT2D eigenvalue weighted by atomic mass is 16.5. The summed E-state index contributed by atoms with van der Waals surface area (Å²) in [6, 6.07) is 8.53. The zero-order chi connectivity index (χ0) is 18.1. The lowest BCUT2D eigenvalue weighted by molar-refractivity contribution is -0.0390. The molecule has 0 aromatic heterocycles. The molecule has 0 spiro atoms. The lowest BCUT2D eigenvalue weighted by atomic mass is 10.1. The molecular formula is C20H33N3O2. The molecule has 1 aliphatic heterocycles. The number of nitrogens with zero attached hydrogens (tertiary/aromatic N) is 1. The summed E-state index contributed by atoms with van der Waals surface area (Å²) in [4.78, 5) is 4.67. The van der Waals surface area contributed by atoms with Gasteiger partial charge in [-0.25, -0.2) is 4.99 Å². The Morgan fingerprint density at radius 3 is 2.40 bits per heavy atom. The van der Waals surface area contributed by atoms with Gasteiger partial charge in [-0.3, -0.25) is 0 Å². The molecular weight excluding hydrogens is 314 g/mol. The van der Waals surface area contributed by atoms with Gasteiger partial charge < -0.3 is 20.1 Å². The van der Waals surface area contributed by atoms with Gasteiger partial charge >= 0.3 is 0 Å². The first kappa shape index (κ1) is 19.7. The summed E-state index contributed by atoms with van der Waals surface area (Å²) < 4.78 is 11.3. The van der Waals surface area contributed by atoms with E-state index in [4.69, 9.17) is 9.47 Å². The summed E-state index contributed by atoms with van der Waals surface area (Å²) in [6.07, 6.45) is 2.34. The Bertz CT molecular complexity index is 529. The Balaban J connectivity index is 1.84. The molecule has 2 rings (SSSR count). The maximum atomic E-state index is 5.97. The first-order valence-corrected chi connectivity index (χ1v) is 9.30. The number of hydrogen-bond acceptors (Lipinski definition) is 3. The lowest BCUT2D eigenvalue weighted by Gasteiger charge is -2.23. The Kier molecular flexibility index (Phi) is 7.72. The zero-order valence-corrected chi connectivity index (χ0v) is 16.1. The van der Waals surface area contributed by atoms with Crippen LogP contribution >= 0.6 is 0 Å². The zero-order valence-electron chi connectivity index (χ0n) is 16.1. The molecule has 0 saturated carbocycles. The molecule has 0 bridgehead atoms.